The lowest BCUT2D eigenvalue weighted by Crippen LogP contribution is -2.44. The topological polar surface area (TPSA) is 88.3 Å². The molecule has 0 radical (unpaired) electrons. The number of carbonyl (C=O) groups is 2. The molecule has 1 fully saturated rings. The molecule has 1 heterocycles. The van der Waals surface area contributed by atoms with Crippen molar-refractivity contribution in [3.63, 3.8) is 0 Å². The van der Waals surface area contributed by atoms with Gasteiger partial charge in [0.05, 0.1) is 30.7 Å². The van der Waals surface area contributed by atoms with Crippen LogP contribution in [0.4, 0.5) is 11.4 Å². The second-order valence-corrected chi connectivity index (χ2v) is 9.49. The molecule has 0 spiro atoms. The molecule has 0 unspecified atom stereocenters. The van der Waals surface area contributed by atoms with Crippen molar-refractivity contribution in [2.45, 2.75) is 44.6 Å². The van der Waals surface area contributed by atoms with Crippen molar-refractivity contribution in [3.05, 3.63) is 48.0 Å². The number of methoxy groups -OCH3 is 1. The Morgan fingerprint density at radius 3 is 2.26 bits per heavy atom. The number of carbonyl (C=O) groups excluding carboxylic acids is 2. The molecule has 0 aromatic heterocycles. The van der Waals surface area contributed by atoms with Gasteiger partial charge < -0.3 is 29.9 Å². The lowest BCUT2D eigenvalue weighted by atomic mass is 10.0. The lowest BCUT2D eigenvalue weighted by molar-refractivity contribution is -0.132. The van der Waals surface area contributed by atoms with Crippen LogP contribution in [0.5, 0.6) is 11.5 Å². The molecule has 3 rings (SSSR count). The Bertz CT molecular complexity index is 1030. The first kappa shape index (κ1) is 33.3. The first-order valence-corrected chi connectivity index (χ1v) is 12.7. The fourth-order valence-corrected chi connectivity index (χ4v) is 4.58. The SMILES string of the molecule is COc1cccc(C(=O)N(C)c2ccccc2OCCCCCC(=O)N2CCC(N(C)C)CC2)c1N.Cl.Cl. The van der Waals surface area contributed by atoms with E-state index in [1.807, 2.05) is 29.2 Å². The highest BCUT2D eigenvalue weighted by molar-refractivity contribution is 6.10. The number of hydrogen-bond donors (Lipinski definition) is 1. The van der Waals surface area contributed by atoms with E-state index in [-0.39, 0.29) is 36.6 Å². The van der Waals surface area contributed by atoms with Gasteiger partial charge in [-0.15, -0.1) is 24.8 Å². The van der Waals surface area contributed by atoms with E-state index < -0.39 is 0 Å². The number of para-hydroxylation sites is 3. The van der Waals surface area contributed by atoms with Gasteiger partial charge in [0.2, 0.25) is 5.91 Å². The van der Waals surface area contributed by atoms with Crippen LogP contribution in [0.3, 0.4) is 0 Å². The van der Waals surface area contributed by atoms with Gasteiger partial charge in [0, 0.05) is 32.6 Å². The summed E-state index contributed by atoms with van der Waals surface area (Å²) in [7, 11) is 7.44. The van der Waals surface area contributed by atoms with E-state index in [2.05, 4.69) is 19.0 Å². The van der Waals surface area contributed by atoms with Crippen LogP contribution < -0.4 is 20.1 Å². The average Bonchev–Trinajstić information content (AvgIpc) is 2.90. The number of hydrogen-bond acceptors (Lipinski definition) is 6. The number of benzene rings is 2. The minimum atomic E-state index is -0.240. The monoisotopic (exact) mass is 568 g/mol. The van der Waals surface area contributed by atoms with Crippen molar-refractivity contribution in [2.24, 2.45) is 0 Å². The molecule has 0 atom stereocenters. The maximum Gasteiger partial charge on any atom is 0.260 e. The molecular weight excluding hydrogens is 527 g/mol. The third-order valence-corrected chi connectivity index (χ3v) is 6.89. The normalized spacial score (nSPS) is 13.3. The molecule has 1 aliphatic heterocycles. The highest BCUT2D eigenvalue weighted by atomic mass is 35.5. The van der Waals surface area contributed by atoms with Gasteiger partial charge in [-0.3, -0.25) is 9.59 Å². The van der Waals surface area contributed by atoms with E-state index in [0.29, 0.717) is 47.5 Å². The van der Waals surface area contributed by atoms with Gasteiger partial charge >= 0.3 is 0 Å². The van der Waals surface area contributed by atoms with Gasteiger partial charge in [-0.2, -0.15) is 0 Å². The average molecular weight is 570 g/mol. The summed E-state index contributed by atoms with van der Waals surface area (Å²) in [6.07, 6.45) is 5.29. The fourth-order valence-electron chi connectivity index (χ4n) is 4.58. The van der Waals surface area contributed by atoms with Gasteiger partial charge in [-0.25, -0.2) is 0 Å². The Hall–Kier alpha value is -2.68. The van der Waals surface area contributed by atoms with E-state index in [0.717, 1.165) is 45.2 Å². The summed E-state index contributed by atoms with van der Waals surface area (Å²) < 4.78 is 11.3. The van der Waals surface area contributed by atoms with Crippen LogP contribution in [-0.4, -0.2) is 75.6 Å². The molecule has 2 N–H and O–H groups in total. The molecule has 8 nitrogen and oxygen atoms in total. The van der Waals surface area contributed by atoms with Crippen LogP contribution in [0.1, 0.15) is 48.9 Å². The molecule has 2 aromatic carbocycles. The molecule has 2 amide bonds. The minimum Gasteiger partial charge on any atom is -0.495 e. The minimum absolute atomic E-state index is 0. The fraction of sp³-hybridized carbons (Fsp3) is 0.500. The number of unbranched alkanes of at least 4 members (excludes halogenated alkanes) is 2. The molecule has 212 valence electrons. The highest BCUT2D eigenvalue weighted by Gasteiger charge is 2.23. The highest BCUT2D eigenvalue weighted by Crippen LogP contribution is 2.31. The van der Waals surface area contributed by atoms with Crippen LogP contribution in [0.15, 0.2) is 42.5 Å². The Balaban J connectivity index is 0.00000361. The molecule has 0 saturated carbocycles. The van der Waals surface area contributed by atoms with Crippen LogP contribution >= 0.6 is 24.8 Å². The largest absolute Gasteiger partial charge is 0.495 e. The predicted octanol–water partition coefficient (Wildman–Crippen LogP) is 4.89. The smallest absolute Gasteiger partial charge is 0.260 e. The van der Waals surface area contributed by atoms with E-state index >= 15 is 0 Å². The summed E-state index contributed by atoms with van der Waals surface area (Å²) >= 11 is 0. The summed E-state index contributed by atoms with van der Waals surface area (Å²) in [5.41, 5.74) is 7.49. The van der Waals surface area contributed by atoms with E-state index in [1.54, 1.807) is 30.1 Å². The zero-order valence-corrected chi connectivity index (χ0v) is 24.5. The van der Waals surface area contributed by atoms with Crippen LogP contribution in [0.2, 0.25) is 0 Å². The van der Waals surface area contributed by atoms with Crippen LogP contribution in [-0.2, 0) is 4.79 Å². The van der Waals surface area contributed by atoms with E-state index in [9.17, 15) is 9.59 Å². The predicted molar refractivity (Wildman–Crippen MR) is 158 cm³/mol. The van der Waals surface area contributed by atoms with Crippen molar-refractivity contribution in [1.82, 2.24) is 9.80 Å². The van der Waals surface area contributed by atoms with Gasteiger partial charge in [-0.05, 0) is 70.5 Å². The zero-order valence-electron chi connectivity index (χ0n) is 22.9. The van der Waals surface area contributed by atoms with Crippen molar-refractivity contribution >= 4 is 48.0 Å². The van der Waals surface area contributed by atoms with Crippen molar-refractivity contribution in [1.29, 1.82) is 0 Å². The summed E-state index contributed by atoms with van der Waals surface area (Å²) in [4.78, 5) is 31.5. The quantitative estimate of drug-likeness (QED) is 0.306. The number of nitrogens with zero attached hydrogens (tertiary/aromatic N) is 3. The summed E-state index contributed by atoms with van der Waals surface area (Å²) in [5.74, 6) is 1.12. The standard InChI is InChI=1S/C28H40N4O4.2ClH/c1-30(2)21-16-18-32(19-17-21)26(33)15-6-5-9-20-36-24-13-8-7-12-23(24)31(3)28(34)22-11-10-14-25(35-4)27(22)29;;/h7-8,10-14,21H,5-6,9,15-20,29H2,1-4H3;2*1H. The van der Waals surface area contributed by atoms with E-state index in [4.69, 9.17) is 15.2 Å². The number of piperidine rings is 1. The number of amides is 2. The number of likely N-dealkylation sites (tertiary alicyclic amines) is 1. The molecule has 0 aliphatic carbocycles. The Morgan fingerprint density at radius 1 is 0.947 bits per heavy atom. The Labute approximate surface area is 239 Å². The second kappa shape index (κ2) is 16.3. The van der Waals surface area contributed by atoms with Gasteiger partial charge in [0.25, 0.3) is 5.91 Å². The summed E-state index contributed by atoms with van der Waals surface area (Å²) in [5, 5.41) is 0. The van der Waals surface area contributed by atoms with Gasteiger partial charge in [0.15, 0.2) is 0 Å². The van der Waals surface area contributed by atoms with Crippen LogP contribution in [0.25, 0.3) is 0 Å². The number of halogens is 2. The third kappa shape index (κ3) is 8.68. The van der Waals surface area contributed by atoms with E-state index in [1.165, 1.54) is 7.11 Å². The Kier molecular flexibility index (Phi) is 14.3. The van der Waals surface area contributed by atoms with Crippen LogP contribution in [0, 0.1) is 0 Å². The lowest BCUT2D eigenvalue weighted by Gasteiger charge is -2.35. The maximum absolute atomic E-state index is 13.1. The molecule has 2 aromatic rings. The first-order valence-electron chi connectivity index (χ1n) is 12.7. The number of anilines is 2. The number of ether oxygens (including phenoxy) is 2. The molecule has 0 bridgehead atoms. The number of nitrogens with two attached hydrogens (primary N) is 1. The molecule has 1 aliphatic rings. The Morgan fingerprint density at radius 2 is 1.61 bits per heavy atom. The van der Waals surface area contributed by atoms with Crippen molar-refractivity contribution < 1.29 is 19.1 Å². The number of nitrogen functional groups attached to an aromatic ring is 1. The molecule has 38 heavy (non-hydrogen) atoms. The maximum atomic E-state index is 13.1. The third-order valence-electron chi connectivity index (χ3n) is 6.89. The summed E-state index contributed by atoms with van der Waals surface area (Å²) in [6, 6.07) is 13.2. The van der Waals surface area contributed by atoms with Gasteiger partial charge in [0.1, 0.15) is 11.5 Å². The first-order chi connectivity index (χ1) is 17.3. The zero-order chi connectivity index (χ0) is 26.1. The molecule has 1 saturated heterocycles. The molecule has 10 heteroatoms. The molecular formula is C28H42Cl2N4O4. The number of rotatable bonds is 11. The second-order valence-electron chi connectivity index (χ2n) is 9.49. The van der Waals surface area contributed by atoms with Crippen molar-refractivity contribution in [3.8, 4) is 11.5 Å². The summed E-state index contributed by atoms with van der Waals surface area (Å²) in [6.45, 7) is 2.23. The van der Waals surface area contributed by atoms with Crippen molar-refractivity contribution in [2.75, 3.05) is 58.6 Å². The van der Waals surface area contributed by atoms with Gasteiger partial charge in [-0.1, -0.05) is 18.2 Å².